The number of carboxylic acid groups (broad SMARTS) is 1. The van der Waals surface area contributed by atoms with Crippen molar-refractivity contribution >= 4 is 22.2 Å². The average molecular weight is 360 g/mol. The molecule has 1 fully saturated rings. The Morgan fingerprint density at radius 3 is 2.29 bits per heavy atom. The average Bonchev–Trinajstić information content (AvgIpc) is 2.48. The molecule has 0 bridgehead atoms. The fourth-order valence-corrected chi connectivity index (χ4v) is 3.68. The molecule has 1 aromatic rings. The minimum absolute atomic E-state index is 0.132. The van der Waals surface area contributed by atoms with Crippen molar-refractivity contribution in [2.45, 2.75) is 27.2 Å². The van der Waals surface area contributed by atoms with Crippen LogP contribution in [0.3, 0.4) is 0 Å². The quantitative estimate of drug-likeness (QED) is 0.763. The van der Waals surface area contributed by atoms with E-state index in [0.717, 1.165) is 18.7 Å². The Morgan fingerprint density at radius 2 is 1.79 bits per heavy atom. The van der Waals surface area contributed by atoms with Crippen LogP contribution in [0, 0.1) is 20.8 Å². The van der Waals surface area contributed by atoms with E-state index < -0.39 is 16.5 Å². The number of halogens is 1. The van der Waals surface area contributed by atoms with Gasteiger partial charge < -0.3 is 19.5 Å². The smallest absolute Gasteiger partial charge is 0.481 e. The van der Waals surface area contributed by atoms with Crippen LogP contribution in [0.1, 0.15) is 22.3 Å². The monoisotopic (exact) mass is 360 g/mol. The van der Waals surface area contributed by atoms with Crippen LogP contribution in [0.25, 0.3) is 0 Å². The highest BCUT2D eigenvalue weighted by Gasteiger charge is 2.26. The molecule has 2 N–H and O–H groups in total. The molecule has 134 valence electrons. The molecule has 1 aliphatic rings. The van der Waals surface area contributed by atoms with E-state index in [9.17, 15) is 17.1 Å². The number of aliphatic carboxylic acids is 1. The number of nitrogens with one attached hydrogen (secondary N) is 1. The zero-order valence-corrected chi connectivity index (χ0v) is 14.7. The number of carboxylic acids is 1. The maximum Gasteiger partial charge on any atom is 0.488 e. The number of benzene rings is 1. The Labute approximate surface area is 140 Å². The first-order valence-electron chi connectivity index (χ1n) is 7.56. The second kappa shape index (κ2) is 6.94. The van der Waals surface area contributed by atoms with Gasteiger partial charge in [-0.15, -0.1) is 0 Å². The van der Waals surface area contributed by atoms with E-state index in [0.29, 0.717) is 35.5 Å². The third kappa shape index (κ3) is 3.96. The molecule has 0 amide bonds. The van der Waals surface area contributed by atoms with Crippen molar-refractivity contribution in [3.8, 4) is 5.75 Å². The van der Waals surface area contributed by atoms with Gasteiger partial charge in [-0.2, -0.15) is 8.42 Å². The summed E-state index contributed by atoms with van der Waals surface area (Å²) in [6.45, 7) is 7.85. The second-order valence-electron chi connectivity index (χ2n) is 5.82. The minimum atomic E-state index is -5.21. The Morgan fingerprint density at radius 1 is 1.21 bits per heavy atom. The van der Waals surface area contributed by atoms with E-state index in [2.05, 4.69) is 9.50 Å². The topological polar surface area (TPSA) is 95.9 Å². The van der Waals surface area contributed by atoms with E-state index in [1.54, 1.807) is 20.8 Å². The number of hydrogen-bond donors (Lipinski definition) is 2. The number of hydrogen-bond acceptors (Lipinski definition) is 6. The molecule has 1 aliphatic heterocycles. The van der Waals surface area contributed by atoms with Gasteiger partial charge in [-0.05, 0) is 37.5 Å². The Bertz CT molecular complexity index is 758. The summed E-state index contributed by atoms with van der Waals surface area (Å²) in [5.41, 5.74) is 2.71. The van der Waals surface area contributed by atoms with Crippen LogP contribution in [0.5, 0.6) is 5.75 Å². The van der Waals surface area contributed by atoms with Gasteiger partial charge in [0.1, 0.15) is 0 Å². The third-order valence-electron chi connectivity index (χ3n) is 4.24. The number of carbonyl (C=O) groups is 1. The lowest BCUT2D eigenvalue weighted by atomic mass is 9.93. The standard InChI is InChI=1S/C15H21FN2O5S/c1-9-12(8-13(19)20)10(2)15(23-24(16,21)22)11(3)14(9)18-6-4-17-5-7-18/h17H,4-8H2,1-3H3,(H,19,20). The first-order valence-corrected chi connectivity index (χ1v) is 8.87. The molecule has 1 saturated heterocycles. The maximum absolute atomic E-state index is 13.1. The Balaban J connectivity index is 2.67. The van der Waals surface area contributed by atoms with Crippen molar-refractivity contribution in [1.29, 1.82) is 0 Å². The van der Waals surface area contributed by atoms with Crippen molar-refractivity contribution in [2.24, 2.45) is 0 Å². The molecule has 0 radical (unpaired) electrons. The van der Waals surface area contributed by atoms with Crippen molar-refractivity contribution in [2.75, 3.05) is 31.1 Å². The van der Waals surface area contributed by atoms with Crippen LogP contribution >= 0.6 is 0 Å². The molecule has 24 heavy (non-hydrogen) atoms. The lowest BCUT2D eigenvalue weighted by Crippen LogP contribution is -2.44. The summed E-state index contributed by atoms with van der Waals surface area (Å²) in [5, 5.41) is 12.4. The van der Waals surface area contributed by atoms with Crippen LogP contribution in [0.4, 0.5) is 9.57 Å². The van der Waals surface area contributed by atoms with Gasteiger partial charge in [0.2, 0.25) is 0 Å². The number of anilines is 1. The summed E-state index contributed by atoms with van der Waals surface area (Å²) >= 11 is 0. The molecule has 0 aliphatic carbocycles. The molecule has 1 heterocycles. The summed E-state index contributed by atoms with van der Waals surface area (Å²) in [7, 11) is -5.21. The first kappa shape index (κ1) is 18.5. The molecule has 0 saturated carbocycles. The molecule has 7 nitrogen and oxygen atoms in total. The summed E-state index contributed by atoms with van der Waals surface area (Å²) < 4.78 is 39.6. The Kier molecular flexibility index (Phi) is 5.34. The maximum atomic E-state index is 13.1. The van der Waals surface area contributed by atoms with Gasteiger partial charge in [-0.1, -0.05) is 3.89 Å². The van der Waals surface area contributed by atoms with Gasteiger partial charge in [-0.3, -0.25) is 4.79 Å². The van der Waals surface area contributed by atoms with Gasteiger partial charge in [-0.25, -0.2) is 0 Å². The molecule has 2 rings (SSSR count). The minimum Gasteiger partial charge on any atom is -0.481 e. The summed E-state index contributed by atoms with van der Waals surface area (Å²) in [6.07, 6.45) is -0.292. The zero-order chi connectivity index (χ0) is 18.1. The first-order chi connectivity index (χ1) is 11.1. The van der Waals surface area contributed by atoms with Gasteiger partial charge in [0.05, 0.1) is 6.42 Å². The fraction of sp³-hybridized carbons (Fsp3) is 0.533. The lowest BCUT2D eigenvalue weighted by Gasteiger charge is -2.34. The summed E-state index contributed by atoms with van der Waals surface area (Å²) in [5.74, 6) is -1.18. The predicted molar refractivity (Wildman–Crippen MR) is 87.7 cm³/mol. The molecule has 9 heteroatoms. The van der Waals surface area contributed by atoms with Gasteiger partial charge >= 0.3 is 16.5 Å². The molecule has 1 aromatic carbocycles. The van der Waals surface area contributed by atoms with Crippen molar-refractivity contribution in [3.05, 3.63) is 22.3 Å². The van der Waals surface area contributed by atoms with Gasteiger partial charge in [0.15, 0.2) is 5.75 Å². The summed E-state index contributed by atoms with van der Waals surface area (Å²) in [4.78, 5) is 13.2. The van der Waals surface area contributed by atoms with E-state index in [1.807, 2.05) is 4.90 Å². The summed E-state index contributed by atoms with van der Waals surface area (Å²) in [6, 6.07) is 0. The predicted octanol–water partition coefficient (Wildman–Crippen LogP) is 1.24. The highest BCUT2D eigenvalue weighted by Crippen LogP contribution is 2.39. The SMILES string of the molecule is Cc1c(CC(=O)O)c(C)c(N2CCNCC2)c(C)c1OS(=O)(=O)F. The van der Waals surface area contributed by atoms with Crippen LogP contribution in [0.2, 0.25) is 0 Å². The van der Waals surface area contributed by atoms with Crippen molar-refractivity contribution < 1.29 is 26.4 Å². The van der Waals surface area contributed by atoms with Crippen molar-refractivity contribution in [1.82, 2.24) is 5.32 Å². The molecule has 0 aromatic heterocycles. The third-order valence-corrected chi connectivity index (χ3v) is 4.61. The molecular formula is C15H21FN2O5S. The molecule has 0 unspecified atom stereocenters. The molecular weight excluding hydrogens is 339 g/mol. The van der Waals surface area contributed by atoms with Gasteiger partial charge in [0, 0.05) is 37.4 Å². The highest BCUT2D eigenvalue weighted by atomic mass is 32.3. The van der Waals surface area contributed by atoms with E-state index in [4.69, 9.17) is 5.11 Å². The number of piperazine rings is 1. The molecule has 0 spiro atoms. The number of nitrogens with zero attached hydrogens (tertiary/aromatic N) is 1. The van der Waals surface area contributed by atoms with Crippen LogP contribution < -0.4 is 14.4 Å². The van der Waals surface area contributed by atoms with Crippen LogP contribution in [-0.2, 0) is 21.7 Å². The normalized spacial score (nSPS) is 15.4. The second-order valence-corrected chi connectivity index (χ2v) is 6.77. The van der Waals surface area contributed by atoms with Gasteiger partial charge in [0.25, 0.3) is 0 Å². The van der Waals surface area contributed by atoms with E-state index in [1.165, 1.54) is 0 Å². The lowest BCUT2D eigenvalue weighted by molar-refractivity contribution is -0.136. The van der Waals surface area contributed by atoms with Crippen molar-refractivity contribution in [3.63, 3.8) is 0 Å². The van der Waals surface area contributed by atoms with Crippen LogP contribution in [0.15, 0.2) is 0 Å². The van der Waals surface area contributed by atoms with Crippen LogP contribution in [-0.4, -0.2) is 45.7 Å². The fourth-order valence-electron chi connectivity index (χ4n) is 3.23. The zero-order valence-electron chi connectivity index (χ0n) is 13.8. The van der Waals surface area contributed by atoms with E-state index >= 15 is 0 Å². The highest BCUT2D eigenvalue weighted by molar-refractivity contribution is 7.81. The number of rotatable bonds is 5. The Hall–Kier alpha value is -1.87. The molecule has 0 atom stereocenters. The van der Waals surface area contributed by atoms with E-state index in [-0.39, 0.29) is 12.2 Å². The largest absolute Gasteiger partial charge is 0.488 e.